The molecule has 1 aliphatic heterocycles. The monoisotopic (exact) mass is 163 g/mol. The Morgan fingerprint density at radius 1 is 1.42 bits per heavy atom. The summed E-state index contributed by atoms with van der Waals surface area (Å²) in [5, 5.41) is 0. The molecule has 0 radical (unpaired) electrons. The smallest absolute Gasteiger partial charge is 0.122 e. The molecule has 0 bridgehead atoms. The first-order valence-electron chi connectivity index (χ1n) is 4.33. The molecule has 0 saturated heterocycles. The average Bonchev–Trinajstić information content (AvgIpc) is 2.17. The fourth-order valence-electron chi connectivity index (χ4n) is 1.66. The summed E-state index contributed by atoms with van der Waals surface area (Å²) in [6.45, 7) is 1.53. The summed E-state index contributed by atoms with van der Waals surface area (Å²) in [5.41, 5.74) is 6.93. The molecule has 1 aromatic carbocycles. The molecule has 0 aromatic heterocycles. The lowest BCUT2D eigenvalue weighted by Crippen LogP contribution is -2.20. The fraction of sp³-hybridized carbons (Fsp3) is 0.400. The first-order chi connectivity index (χ1) is 5.92. The molecular weight excluding hydrogens is 150 g/mol. The summed E-state index contributed by atoms with van der Waals surface area (Å²) < 4.78 is 5.50. The van der Waals surface area contributed by atoms with Crippen molar-refractivity contribution in [3.63, 3.8) is 0 Å². The van der Waals surface area contributed by atoms with Crippen LogP contribution in [0.25, 0.3) is 0 Å². The summed E-state index contributed by atoms with van der Waals surface area (Å²) in [4.78, 5) is 0. The lowest BCUT2D eigenvalue weighted by atomic mass is 9.93. The lowest BCUT2D eigenvalue weighted by Gasteiger charge is -2.24. The third-order valence-electron chi connectivity index (χ3n) is 2.37. The average molecular weight is 163 g/mol. The van der Waals surface area contributed by atoms with Crippen molar-refractivity contribution in [2.24, 2.45) is 5.73 Å². The Bertz CT molecular complexity index is 272. The molecule has 64 valence electrons. The topological polar surface area (TPSA) is 35.2 Å². The minimum atomic E-state index is 0.495. The molecule has 0 fully saturated rings. The van der Waals surface area contributed by atoms with Gasteiger partial charge >= 0.3 is 0 Å². The van der Waals surface area contributed by atoms with E-state index in [1.807, 2.05) is 18.2 Å². The Labute approximate surface area is 72.3 Å². The molecular formula is C10H13NO. The molecule has 12 heavy (non-hydrogen) atoms. The molecule has 0 spiro atoms. The van der Waals surface area contributed by atoms with Gasteiger partial charge in [-0.3, -0.25) is 0 Å². The minimum Gasteiger partial charge on any atom is -0.493 e. The number of para-hydroxylation sites is 1. The Hall–Kier alpha value is -1.02. The van der Waals surface area contributed by atoms with Gasteiger partial charge in [0.15, 0.2) is 0 Å². The number of ether oxygens (including phenoxy) is 1. The Kier molecular flexibility index (Phi) is 2.00. The van der Waals surface area contributed by atoms with E-state index < -0.39 is 0 Å². The van der Waals surface area contributed by atoms with Gasteiger partial charge in [0.05, 0.1) is 6.61 Å². The van der Waals surface area contributed by atoms with Gasteiger partial charge in [-0.2, -0.15) is 0 Å². The van der Waals surface area contributed by atoms with Crippen LogP contribution in [0.4, 0.5) is 0 Å². The largest absolute Gasteiger partial charge is 0.493 e. The van der Waals surface area contributed by atoms with Crippen LogP contribution in [0.15, 0.2) is 24.3 Å². The molecule has 2 heteroatoms. The SMILES string of the molecule is NCC1CCOc2ccccc21. The Morgan fingerprint density at radius 2 is 2.25 bits per heavy atom. The van der Waals surface area contributed by atoms with Gasteiger partial charge in [0, 0.05) is 5.92 Å². The van der Waals surface area contributed by atoms with E-state index in [0.29, 0.717) is 5.92 Å². The summed E-state index contributed by atoms with van der Waals surface area (Å²) in [5.74, 6) is 1.51. The zero-order chi connectivity index (χ0) is 8.39. The van der Waals surface area contributed by atoms with Gasteiger partial charge in [-0.15, -0.1) is 0 Å². The first-order valence-corrected chi connectivity index (χ1v) is 4.33. The van der Waals surface area contributed by atoms with E-state index in [-0.39, 0.29) is 0 Å². The molecule has 0 aliphatic carbocycles. The van der Waals surface area contributed by atoms with Crippen LogP contribution in [0.1, 0.15) is 17.9 Å². The van der Waals surface area contributed by atoms with Crippen LogP contribution in [0.2, 0.25) is 0 Å². The van der Waals surface area contributed by atoms with Gasteiger partial charge in [0.1, 0.15) is 5.75 Å². The number of rotatable bonds is 1. The van der Waals surface area contributed by atoms with Crippen molar-refractivity contribution < 1.29 is 4.74 Å². The molecule has 0 amide bonds. The second kappa shape index (κ2) is 3.15. The van der Waals surface area contributed by atoms with Crippen molar-refractivity contribution >= 4 is 0 Å². The second-order valence-electron chi connectivity index (χ2n) is 3.11. The normalized spacial score (nSPS) is 21.2. The van der Waals surface area contributed by atoms with Gasteiger partial charge in [-0.05, 0) is 24.6 Å². The lowest BCUT2D eigenvalue weighted by molar-refractivity contribution is 0.269. The highest BCUT2D eigenvalue weighted by Gasteiger charge is 2.18. The maximum atomic E-state index is 5.66. The predicted molar refractivity (Wildman–Crippen MR) is 48.3 cm³/mol. The van der Waals surface area contributed by atoms with Gasteiger partial charge < -0.3 is 10.5 Å². The zero-order valence-corrected chi connectivity index (χ0v) is 6.99. The van der Waals surface area contributed by atoms with Crippen molar-refractivity contribution in [2.45, 2.75) is 12.3 Å². The van der Waals surface area contributed by atoms with Gasteiger partial charge in [-0.1, -0.05) is 18.2 Å². The number of fused-ring (bicyclic) bond motifs is 1. The molecule has 1 aromatic rings. The van der Waals surface area contributed by atoms with Crippen molar-refractivity contribution in [3.8, 4) is 5.75 Å². The molecule has 1 aliphatic rings. The maximum Gasteiger partial charge on any atom is 0.122 e. The fourth-order valence-corrected chi connectivity index (χ4v) is 1.66. The number of hydrogen-bond acceptors (Lipinski definition) is 2. The van der Waals surface area contributed by atoms with E-state index in [2.05, 4.69) is 6.07 Å². The summed E-state index contributed by atoms with van der Waals surface area (Å²) in [7, 11) is 0. The van der Waals surface area contributed by atoms with Crippen LogP contribution >= 0.6 is 0 Å². The van der Waals surface area contributed by atoms with Crippen molar-refractivity contribution in [1.29, 1.82) is 0 Å². The molecule has 2 nitrogen and oxygen atoms in total. The third kappa shape index (κ3) is 1.18. The molecule has 1 unspecified atom stereocenters. The van der Waals surface area contributed by atoms with Crippen LogP contribution in [0.5, 0.6) is 5.75 Å². The molecule has 0 saturated carbocycles. The van der Waals surface area contributed by atoms with Crippen LogP contribution < -0.4 is 10.5 Å². The van der Waals surface area contributed by atoms with E-state index in [0.717, 1.165) is 25.3 Å². The summed E-state index contributed by atoms with van der Waals surface area (Å²) >= 11 is 0. The van der Waals surface area contributed by atoms with E-state index in [1.165, 1.54) is 5.56 Å². The van der Waals surface area contributed by atoms with Crippen molar-refractivity contribution in [1.82, 2.24) is 0 Å². The van der Waals surface area contributed by atoms with Crippen molar-refractivity contribution in [2.75, 3.05) is 13.2 Å². The van der Waals surface area contributed by atoms with Crippen LogP contribution in [-0.2, 0) is 0 Å². The molecule has 1 heterocycles. The van der Waals surface area contributed by atoms with E-state index in [4.69, 9.17) is 10.5 Å². The molecule has 1 atom stereocenters. The van der Waals surface area contributed by atoms with Crippen LogP contribution in [-0.4, -0.2) is 13.2 Å². The summed E-state index contributed by atoms with van der Waals surface area (Å²) in [6, 6.07) is 8.15. The first kappa shape index (κ1) is 7.62. The highest BCUT2D eigenvalue weighted by atomic mass is 16.5. The summed E-state index contributed by atoms with van der Waals surface area (Å²) in [6.07, 6.45) is 1.05. The predicted octanol–water partition coefficient (Wildman–Crippen LogP) is 1.51. The van der Waals surface area contributed by atoms with Gasteiger partial charge in [0.2, 0.25) is 0 Å². The quantitative estimate of drug-likeness (QED) is 0.681. The van der Waals surface area contributed by atoms with Crippen LogP contribution in [0.3, 0.4) is 0 Å². The Morgan fingerprint density at radius 3 is 3.08 bits per heavy atom. The molecule has 2 rings (SSSR count). The minimum absolute atomic E-state index is 0.495. The highest BCUT2D eigenvalue weighted by molar-refractivity contribution is 5.37. The number of benzene rings is 1. The standard InChI is InChI=1S/C10H13NO/c11-7-8-5-6-12-10-4-2-1-3-9(8)10/h1-4,8H,5-7,11H2. The van der Waals surface area contributed by atoms with E-state index in [1.54, 1.807) is 0 Å². The van der Waals surface area contributed by atoms with Crippen molar-refractivity contribution in [3.05, 3.63) is 29.8 Å². The van der Waals surface area contributed by atoms with Crippen LogP contribution in [0, 0.1) is 0 Å². The number of hydrogen-bond donors (Lipinski definition) is 1. The Balaban J connectivity index is 2.37. The highest BCUT2D eigenvalue weighted by Crippen LogP contribution is 2.32. The molecule has 2 N–H and O–H groups in total. The zero-order valence-electron chi connectivity index (χ0n) is 6.99. The third-order valence-corrected chi connectivity index (χ3v) is 2.37. The number of nitrogens with two attached hydrogens (primary N) is 1. The van der Waals surface area contributed by atoms with E-state index >= 15 is 0 Å². The van der Waals surface area contributed by atoms with Gasteiger partial charge in [0.25, 0.3) is 0 Å². The van der Waals surface area contributed by atoms with E-state index in [9.17, 15) is 0 Å². The second-order valence-corrected chi connectivity index (χ2v) is 3.11. The van der Waals surface area contributed by atoms with Gasteiger partial charge in [-0.25, -0.2) is 0 Å². The maximum absolute atomic E-state index is 5.66.